The van der Waals surface area contributed by atoms with Crippen molar-refractivity contribution >= 4 is 22.6 Å². The minimum absolute atomic E-state index is 0.0867. The van der Waals surface area contributed by atoms with Crippen LogP contribution in [0.25, 0.3) is 16.7 Å². The summed E-state index contributed by atoms with van der Waals surface area (Å²) >= 11 is 0. The van der Waals surface area contributed by atoms with E-state index in [-0.39, 0.29) is 5.91 Å². The molecule has 3 heterocycles. The summed E-state index contributed by atoms with van der Waals surface area (Å²) in [6, 6.07) is 17.6. The van der Waals surface area contributed by atoms with Gasteiger partial charge in [0.15, 0.2) is 17.1 Å². The van der Waals surface area contributed by atoms with Gasteiger partial charge in [0.25, 0.3) is 5.91 Å². The van der Waals surface area contributed by atoms with Gasteiger partial charge in [-0.15, -0.1) is 0 Å². The van der Waals surface area contributed by atoms with Gasteiger partial charge < -0.3 is 19.0 Å². The Bertz CT molecular complexity index is 1270. The zero-order valence-corrected chi connectivity index (χ0v) is 18.5. The number of fused-ring (bicyclic) bond motifs is 1. The smallest absolute Gasteiger partial charge is 0.289 e. The van der Waals surface area contributed by atoms with Gasteiger partial charge in [-0.05, 0) is 38.1 Å². The highest BCUT2D eigenvalue weighted by Gasteiger charge is 2.28. The molecule has 1 aliphatic rings. The molecular formula is C25H26N4O3. The number of para-hydroxylation sites is 2. The van der Waals surface area contributed by atoms with Crippen molar-refractivity contribution in [2.45, 2.75) is 13.8 Å². The maximum atomic E-state index is 13.1. The number of benzene rings is 2. The van der Waals surface area contributed by atoms with Crippen LogP contribution in [-0.2, 0) is 0 Å². The van der Waals surface area contributed by atoms with Gasteiger partial charge in [0.05, 0.1) is 29.9 Å². The monoisotopic (exact) mass is 430 g/mol. The van der Waals surface area contributed by atoms with Gasteiger partial charge in [-0.1, -0.05) is 30.3 Å². The number of aryl methyl sites for hydroxylation is 1. The fourth-order valence-electron chi connectivity index (χ4n) is 4.50. The highest BCUT2D eigenvalue weighted by molar-refractivity contribution is 5.97. The zero-order chi connectivity index (χ0) is 22.2. The van der Waals surface area contributed by atoms with E-state index in [1.807, 2.05) is 52.9 Å². The van der Waals surface area contributed by atoms with E-state index in [9.17, 15) is 4.79 Å². The lowest BCUT2D eigenvalue weighted by molar-refractivity contribution is 0.0717. The number of rotatable bonds is 4. The molecule has 0 spiro atoms. The van der Waals surface area contributed by atoms with Gasteiger partial charge >= 0.3 is 0 Å². The molecule has 0 saturated carbocycles. The van der Waals surface area contributed by atoms with E-state index in [0.717, 1.165) is 41.2 Å². The molecule has 7 nitrogen and oxygen atoms in total. The summed E-state index contributed by atoms with van der Waals surface area (Å²) < 4.78 is 13.2. The lowest BCUT2D eigenvalue weighted by atomic mass is 10.2. The number of amides is 1. The summed E-state index contributed by atoms with van der Waals surface area (Å²) in [6.07, 6.45) is 0. The molecule has 0 N–H and O–H groups in total. The maximum absolute atomic E-state index is 13.1. The summed E-state index contributed by atoms with van der Waals surface area (Å²) in [5.74, 6) is 0.895. The Balaban J connectivity index is 1.33. The van der Waals surface area contributed by atoms with E-state index in [2.05, 4.69) is 24.0 Å². The third-order valence-electron chi connectivity index (χ3n) is 6.08. The maximum Gasteiger partial charge on any atom is 0.289 e. The second kappa shape index (κ2) is 8.07. The third kappa shape index (κ3) is 3.39. The Labute approximate surface area is 186 Å². The van der Waals surface area contributed by atoms with E-state index in [0.29, 0.717) is 30.2 Å². The first-order chi connectivity index (χ1) is 15.6. The number of carbonyl (C=O) groups is 1. The predicted octanol–water partition coefficient (Wildman–Crippen LogP) is 4.21. The van der Waals surface area contributed by atoms with Crippen molar-refractivity contribution in [2.24, 2.45) is 0 Å². The molecule has 4 aromatic rings. The SMILES string of the molecule is COc1cccc2cc(C(=O)N3CCN(c4c(C)nn(-c5ccccc5)c4C)CC3)oc12. The summed E-state index contributed by atoms with van der Waals surface area (Å²) in [4.78, 5) is 17.3. The molecule has 0 radical (unpaired) electrons. The van der Waals surface area contributed by atoms with Crippen molar-refractivity contribution in [3.8, 4) is 11.4 Å². The molecule has 2 aromatic carbocycles. The predicted molar refractivity (Wildman–Crippen MR) is 124 cm³/mol. The van der Waals surface area contributed by atoms with Gasteiger partial charge in [-0.3, -0.25) is 4.79 Å². The molecule has 0 bridgehead atoms. The van der Waals surface area contributed by atoms with Crippen LogP contribution in [0.3, 0.4) is 0 Å². The van der Waals surface area contributed by atoms with Gasteiger partial charge in [0, 0.05) is 31.6 Å². The molecule has 164 valence electrons. The lowest BCUT2D eigenvalue weighted by Gasteiger charge is -2.35. The highest BCUT2D eigenvalue weighted by Crippen LogP contribution is 2.30. The Kier molecular flexibility index (Phi) is 5.09. The molecule has 5 rings (SSSR count). The van der Waals surface area contributed by atoms with Crippen LogP contribution in [0.1, 0.15) is 21.9 Å². The quantitative estimate of drug-likeness (QED) is 0.485. The number of nitrogens with zero attached hydrogens (tertiary/aromatic N) is 4. The van der Waals surface area contributed by atoms with E-state index >= 15 is 0 Å². The number of methoxy groups -OCH3 is 1. The van der Waals surface area contributed by atoms with Crippen molar-refractivity contribution < 1.29 is 13.9 Å². The van der Waals surface area contributed by atoms with Gasteiger partial charge in [-0.2, -0.15) is 5.10 Å². The summed E-state index contributed by atoms with van der Waals surface area (Å²) in [6.45, 7) is 6.89. The molecule has 32 heavy (non-hydrogen) atoms. The number of anilines is 1. The second-order valence-corrected chi connectivity index (χ2v) is 8.04. The first kappa shape index (κ1) is 20.2. The van der Waals surface area contributed by atoms with Gasteiger partial charge in [0.1, 0.15) is 0 Å². The van der Waals surface area contributed by atoms with Crippen LogP contribution >= 0.6 is 0 Å². The third-order valence-corrected chi connectivity index (χ3v) is 6.08. The number of hydrogen-bond acceptors (Lipinski definition) is 5. The Morgan fingerprint density at radius 3 is 2.47 bits per heavy atom. The molecule has 2 aromatic heterocycles. The standard InChI is InChI=1S/C25H26N4O3/c1-17-23(18(2)29(26-17)20-9-5-4-6-10-20)27-12-14-28(15-13-27)25(30)22-16-19-8-7-11-21(31-3)24(19)32-22/h4-11,16H,12-15H2,1-3H3. The minimum Gasteiger partial charge on any atom is -0.493 e. The minimum atomic E-state index is -0.0867. The molecular weight excluding hydrogens is 404 g/mol. The largest absolute Gasteiger partial charge is 0.493 e. The van der Waals surface area contributed by atoms with E-state index < -0.39 is 0 Å². The number of piperazine rings is 1. The molecule has 0 unspecified atom stereocenters. The highest BCUT2D eigenvalue weighted by atomic mass is 16.5. The average Bonchev–Trinajstić information content (AvgIpc) is 3.40. The van der Waals surface area contributed by atoms with Crippen molar-refractivity contribution in [1.29, 1.82) is 0 Å². The number of hydrogen-bond donors (Lipinski definition) is 0. The van der Waals surface area contributed by atoms with Crippen molar-refractivity contribution in [1.82, 2.24) is 14.7 Å². The molecule has 1 amide bonds. The van der Waals surface area contributed by atoms with Crippen LogP contribution in [0.15, 0.2) is 59.0 Å². The molecule has 1 saturated heterocycles. The van der Waals surface area contributed by atoms with Crippen molar-refractivity contribution in [3.63, 3.8) is 0 Å². The lowest BCUT2D eigenvalue weighted by Crippen LogP contribution is -2.49. The van der Waals surface area contributed by atoms with Crippen LogP contribution in [-0.4, -0.2) is 53.9 Å². The normalized spacial score (nSPS) is 14.2. The number of carbonyl (C=O) groups excluding carboxylic acids is 1. The van der Waals surface area contributed by atoms with Crippen molar-refractivity contribution in [2.75, 3.05) is 38.2 Å². The van der Waals surface area contributed by atoms with Crippen LogP contribution in [0.4, 0.5) is 5.69 Å². The number of furan rings is 1. The fourth-order valence-corrected chi connectivity index (χ4v) is 4.50. The zero-order valence-electron chi connectivity index (χ0n) is 18.5. The van der Waals surface area contributed by atoms with E-state index in [1.165, 1.54) is 0 Å². The molecule has 1 aliphatic heterocycles. The first-order valence-corrected chi connectivity index (χ1v) is 10.8. The van der Waals surface area contributed by atoms with Crippen LogP contribution in [0.5, 0.6) is 5.75 Å². The molecule has 0 aliphatic carbocycles. The summed E-state index contributed by atoms with van der Waals surface area (Å²) in [7, 11) is 1.60. The van der Waals surface area contributed by atoms with Gasteiger partial charge in [0.2, 0.25) is 0 Å². The average molecular weight is 431 g/mol. The summed E-state index contributed by atoms with van der Waals surface area (Å²) in [5, 5.41) is 5.63. The van der Waals surface area contributed by atoms with E-state index in [1.54, 1.807) is 13.2 Å². The topological polar surface area (TPSA) is 63.7 Å². The van der Waals surface area contributed by atoms with Crippen molar-refractivity contribution in [3.05, 3.63) is 71.7 Å². The van der Waals surface area contributed by atoms with E-state index in [4.69, 9.17) is 14.3 Å². The Morgan fingerprint density at radius 2 is 1.75 bits per heavy atom. The first-order valence-electron chi connectivity index (χ1n) is 10.8. The van der Waals surface area contributed by atoms with Crippen LogP contribution in [0, 0.1) is 13.8 Å². The van der Waals surface area contributed by atoms with Crippen LogP contribution in [0.2, 0.25) is 0 Å². The fraction of sp³-hybridized carbons (Fsp3) is 0.280. The second-order valence-electron chi connectivity index (χ2n) is 8.04. The van der Waals surface area contributed by atoms with Crippen LogP contribution < -0.4 is 9.64 Å². The van der Waals surface area contributed by atoms with Gasteiger partial charge in [-0.25, -0.2) is 4.68 Å². The number of aromatic nitrogens is 2. The summed E-state index contributed by atoms with van der Waals surface area (Å²) in [5.41, 5.74) is 4.91. The Hall–Kier alpha value is -3.74. The molecule has 7 heteroatoms. The molecule has 0 atom stereocenters. The number of ether oxygens (including phenoxy) is 1. The molecule has 1 fully saturated rings. The Morgan fingerprint density at radius 1 is 1.00 bits per heavy atom.